The molecule has 1 aliphatic heterocycles. The topological polar surface area (TPSA) is 85.9 Å². The van der Waals surface area contributed by atoms with Crippen LogP contribution in [-0.2, 0) is 22.7 Å². The second-order valence-corrected chi connectivity index (χ2v) is 6.47. The molecule has 2 heterocycles. The average Bonchev–Trinajstić information content (AvgIpc) is 2.26. The van der Waals surface area contributed by atoms with Crippen LogP contribution in [0.15, 0.2) is 4.73 Å². The highest BCUT2D eigenvalue weighted by Gasteiger charge is 2.21. The molecule has 0 amide bonds. The summed E-state index contributed by atoms with van der Waals surface area (Å²) in [6, 6.07) is 0. The van der Waals surface area contributed by atoms with Crippen LogP contribution in [0.5, 0.6) is 0 Å². The standard InChI is InChI=1S/C8H10BrN3O2S/c9-8-11-6-2-4-15(13,14)3-1-5(6)7(10)12-8/h1-4H2,(H2,10,11,12). The van der Waals surface area contributed by atoms with Crippen molar-refractivity contribution in [1.82, 2.24) is 9.97 Å². The number of nitrogens with zero attached hydrogens (tertiary/aromatic N) is 2. The van der Waals surface area contributed by atoms with Gasteiger partial charge in [-0.2, -0.15) is 0 Å². The summed E-state index contributed by atoms with van der Waals surface area (Å²) in [7, 11) is -2.96. The molecule has 82 valence electrons. The van der Waals surface area contributed by atoms with Gasteiger partial charge in [-0.1, -0.05) is 0 Å². The van der Waals surface area contributed by atoms with Crippen molar-refractivity contribution in [3.8, 4) is 0 Å². The zero-order valence-corrected chi connectivity index (χ0v) is 10.3. The number of rotatable bonds is 0. The molecule has 7 heteroatoms. The number of nitrogens with two attached hydrogens (primary N) is 1. The Morgan fingerprint density at radius 3 is 2.60 bits per heavy atom. The van der Waals surface area contributed by atoms with Gasteiger partial charge in [0.2, 0.25) is 0 Å². The maximum atomic E-state index is 11.4. The van der Waals surface area contributed by atoms with Crippen LogP contribution < -0.4 is 5.73 Å². The van der Waals surface area contributed by atoms with Gasteiger partial charge in [0, 0.05) is 12.0 Å². The molecule has 0 spiro atoms. The van der Waals surface area contributed by atoms with E-state index >= 15 is 0 Å². The van der Waals surface area contributed by atoms with E-state index in [0.29, 0.717) is 23.4 Å². The van der Waals surface area contributed by atoms with Gasteiger partial charge in [-0.3, -0.25) is 0 Å². The third-order valence-electron chi connectivity index (χ3n) is 2.41. The number of hydrogen-bond donors (Lipinski definition) is 1. The lowest BCUT2D eigenvalue weighted by Gasteiger charge is -2.06. The van der Waals surface area contributed by atoms with Crippen LogP contribution in [0.25, 0.3) is 0 Å². The van der Waals surface area contributed by atoms with E-state index in [1.54, 1.807) is 0 Å². The number of aryl methyl sites for hydroxylation is 1. The molecule has 0 fully saturated rings. The van der Waals surface area contributed by atoms with Crippen molar-refractivity contribution < 1.29 is 8.42 Å². The average molecular weight is 292 g/mol. The van der Waals surface area contributed by atoms with E-state index in [2.05, 4.69) is 25.9 Å². The number of aromatic nitrogens is 2. The molecule has 0 saturated heterocycles. The lowest BCUT2D eigenvalue weighted by atomic mass is 10.1. The summed E-state index contributed by atoms with van der Waals surface area (Å²) in [5, 5.41) is 0. The van der Waals surface area contributed by atoms with E-state index in [1.807, 2.05) is 0 Å². The lowest BCUT2D eigenvalue weighted by Crippen LogP contribution is -2.10. The summed E-state index contributed by atoms with van der Waals surface area (Å²) in [4.78, 5) is 8.13. The first kappa shape index (κ1) is 10.8. The number of anilines is 1. The van der Waals surface area contributed by atoms with Gasteiger partial charge < -0.3 is 5.73 Å². The summed E-state index contributed by atoms with van der Waals surface area (Å²) in [6.45, 7) is 0. The minimum absolute atomic E-state index is 0.134. The van der Waals surface area contributed by atoms with Gasteiger partial charge in [0.05, 0.1) is 17.2 Å². The Labute approximate surface area is 96.2 Å². The highest BCUT2D eigenvalue weighted by atomic mass is 79.9. The van der Waals surface area contributed by atoms with Crippen molar-refractivity contribution in [2.75, 3.05) is 17.2 Å². The van der Waals surface area contributed by atoms with Crippen molar-refractivity contribution in [3.05, 3.63) is 16.0 Å². The third-order valence-corrected chi connectivity index (χ3v) is 4.42. The van der Waals surface area contributed by atoms with E-state index in [9.17, 15) is 8.42 Å². The number of hydrogen-bond acceptors (Lipinski definition) is 5. The minimum atomic E-state index is -2.96. The summed E-state index contributed by atoms with van der Waals surface area (Å²) >= 11 is 3.14. The van der Waals surface area contributed by atoms with Gasteiger partial charge >= 0.3 is 0 Å². The first-order valence-corrected chi connectivity index (χ1v) is 7.10. The van der Waals surface area contributed by atoms with Crippen molar-refractivity contribution in [2.45, 2.75) is 12.8 Å². The Morgan fingerprint density at radius 2 is 1.87 bits per heavy atom. The molecule has 2 N–H and O–H groups in total. The molecule has 0 aliphatic carbocycles. The predicted octanol–water partition coefficient (Wildman–Crippen LogP) is 0.335. The molecule has 15 heavy (non-hydrogen) atoms. The highest BCUT2D eigenvalue weighted by molar-refractivity contribution is 9.10. The molecule has 0 saturated carbocycles. The van der Waals surface area contributed by atoms with E-state index in [4.69, 9.17) is 5.73 Å². The van der Waals surface area contributed by atoms with Crippen LogP contribution in [0.4, 0.5) is 5.82 Å². The highest BCUT2D eigenvalue weighted by Crippen LogP contribution is 2.21. The van der Waals surface area contributed by atoms with Crippen molar-refractivity contribution in [3.63, 3.8) is 0 Å². The SMILES string of the molecule is Nc1nc(Br)nc2c1CCS(=O)(=O)CC2. The van der Waals surface area contributed by atoms with E-state index in [-0.39, 0.29) is 11.5 Å². The molecule has 0 atom stereocenters. The van der Waals surface area contributed by atoms with Gasteiger partial charge in [-0.15, -0.1) is 0 Å². The number of fused-ring (bicyclic) bond motifs is 1. The molecule has 2 rings (SSSR count). The third kappa shape index (κ3) is 2.28. The number of sulfone groups is 1. The fourth-order valence-electron chi connectivity index (χ4n) is 1.61. The zero-order chi connectivity index (χ0) is 11.1. The van der Waals surface area contributed by atoms with Crippen LogP contribution in [0.1, 0.15) is 11.3 Å². The molecular formula is C8H10BrN3O2S. The molecule has 1 aromatic rings. The second-order valence-electron chi connectivity index (χ2n) is 3.45. The normalized spacial score (nSPS) is 19.3. The van der Waals surface area contributed by atoms with Crippen LogP contribution in [-0.4, -0.2) is 29.9 Å². The second kappa shape index (κ2) is 3.71. The zero-order valence-electron chi connectivity index (χ0n) is 7.90. The van der Waals surface area contributed by atoms with E-state index < -0.39 is 9.84 Å². The van der Waals surface area contributed by atoms with Crippen molar-refractivity contribution in [1.29, 1.82) is 0 Å². The molecule has 5 nitrogen and oxygen atoms in total. The van der Waals surface area contributed by atoms with Crippen molar-refractivity contribution in [2.24, 2.45) is 0 Å². The Balaban J connectivity index is 2.48. The van der Waals surface area contributed by atoms with Gasteiger partial charge in [0.1, 0.15) is 5.82 Å². The van der Waals surface area contributed by atoms with E-state index in [1.165, 1.54) is 0 Å². The largest absolute Gasteiger partial charge is 0.383 e. The molecule has 0 aromatic carbocycles. The van der Waals surface area contributed by atoms with Crippen LogP contribution in [0, 0.1) is 0 Å². The maximum Gasteiger partial charge on any atom is 0.198 e. The van der Waals surface area contributed by atoms with E-state index in [0.717, 1.165) is 11.3 Å². The smallest absolute Gasteiger partial charge is 0.198 e. The van der Waals surface area contributed by atoms with Crippen LogP contribution in [0.3, 0.4) is 0 Å². The quantitative estimate of drug-likeness (QED) is 0.697. The van der Waals surface area contributed by atoms with Crippen molar-refractivity contribution >= 4 is 31.6 Å². The Kier molecular flexibility index (Phi) is 2.68. The first-order chi connectivity index (χ1) is 6.98. The predicted molar refractivity (Wildman–Crippen MR) is 60.2 cm³/mol. The summed E-state index contributed by atoms with van der Waals surface area (Å²) in [5.74, 6) is 0.655. The molecule has 0 radical (unpaired) electrons. The Bertz CT molecular complexity index is 501. The molecule has 0 bridgehead atoms. The maximum absolute atomic E-state index is 11.4. The molecule has 1 aliphatic rings. The van der Waals surface area contributed by atoms with Gasteiger partial charge in [0.15, 0.2) is 14.6 Å². The van der Waals surface area contributed by atoms with Crippen LogP contribution >= 0.6 is 15.9 Å². The summed E-state index contributed by atoms with van der Waals surface area (Å²) < 4.78 is 23.3. The molecular weight excluding hydrogens is 282 g/mol. The lowest BCUT2D eigenvalue weighted by molar-refractivity contribution is 0.596. The molecule has 1 aromatic heterocycles. The van der Waals surface area contributed by atoms with Gasteiger partial charge in [-0.05, 0) is 22.4 Å². The Morgan fingerprint density at radius 1 is 1.20 bits per heavy atom. The number of halogens is 1. The Hall–Kier alpha value is -0.690. The molecule has 0 unspecified atom stereocenters. The summed E-state index contributed by atoms with van der Waals surface area (Å²) in [5.41, 5.74) is 7.25. The monoisotopic (exact) mass is 291 g/mol. The number of nitrogen functional groups attached to an aromatic ring is 1. The summed E-state index contributed by atoms with van der Waals surface area (Å²) in [6.07, 6.45) is 0.833. The minimum Gasteiger partial charge on any atom is -0.383 e. The van der Waals surface area contributed by atoms with Gasteiger partial charge in [0.25, 0.3) is 0 Å². The first-order valence-electron chi connectivity index (χ1n) is 4.49. The van der Waals surface area contributed by atoms with Crippen LogP contribution in [0.2, 0.25) is 0 Å². The fourth-order valence-corrected chi connectivity index (χ4v) is 3.24. The fraction of sp³-hybridized carbons (Fsp3) is 0.500. The van der Waals surface area contributed by atoms with Gasteiger partial charge in [-0.25, -0.2) is 18.4 Å².